The number of rotatable bonds is 4. The lowest BCUT2D eigenvalue weighted by Crippen LogP contribution is -2.49. The summed E-state index contributed by atoms with van der Waals surface area (Å²) < 4.78 is 30.2. The molecule has 1 atom stereocenters. The average Bonchev–Trinajstić information content (AvgIpc) is 2.96. The number of morpholine rings is 1. The lowest BCUT2D eigenvalue weighted by molar-refractivity contribution is 0.000455. The summed E-state index contributed by atoms with van der Waals surface area (Å²) in [5.41, 5.74) is 2.50. The third-order valence-corrected chi connectivity index (χ3v) is 6.71. The standard InChI is InChI=1S/C15H22N2O4S2/c1-23(19,20)17-6-7-21-12(9-17)8-16-15(18)14-13-5-3-2-4-11(13)10-22-14/h10,12H,2-9H2,1H3,(H,16,18). The quantitative estimate of drug-likeness (QED) is 0.872. The fraction of sp³-hybridized carbons (Fsp3) is 0.667. The molecule has 1 unspecified atom stereocenters. The summed E-state index contributed by atoms with van der Waals surface area (Å²) in [6.45, 7) is 1.36. The van der Waals surface area contributed by atoms with E-state index in [1.807, 2.05) is 0 Å². The SMILES string of the molecule is CS(=O)(=O)N1CCOC(CNC(=O)c2scc3c2CCCC3)C1. The maximum atomic E-state index is 12.4. The van der Waals surface area contributed by atoms with Gasteiger partial charge >= 0.3 is 0 Å². The van der Waals surface area contributed by atoms with Gasteiger partial charge in [0, 0.05) is 19.6 Å². The Morgan fingerprint density at radius 3 is 3.00 bits per heavy atom. The zero-order chi connectivity index (χ0) is 16.4. The van der Waals surface area contributed by atoms with E-state index in [1.54, 1.807) is 0 Å². The molecule has 0 saturated carbocycles. The van der Waals surface area contributed by atoms with Crippen LogP contribution in [0, 0.1) is 0 Å². The minimum atomic E-state index is -3.21. The van der Waals surface area contributed by atoms with Gasteiger partial charge in [0.1, 0.15) is 0 Å². The maximum absolute atomic E-state index is 12.4. The molecule has 23 heavy (non-hydrogen) atoms. The average molecular weight is 358 g/mol. The molecule has 2 aliphatic rings. The van der Waals surface area contributed by atoms with Crippen molar-refractivity contribution in [1.82, 2.24) is 9.62 Å². The Morgan fingerprint density at radius 1 is 1.43 bits per heavy atom. The Labute approximate surface area is 140 Å². The molecule has 1 aliphatic heterocycles. The first-order valence-corrected chi connectivity index (χ1v) is 10.6. The number of nitrogens with zero attached hydrogens (tertiary/aromatic N) is 1. The second kappa shape index (κ2) is 6.88. The molecule has 1 aliphatic carbocycles. The number of aryl methyl sites for hydroxylation is 1. The molecule has 1 saturated heterocycles. The van der Waals surface area contributed by atoms with Crippen molar-refractivity contribution in [2.45, 2.75) is 31.8 Å². The van der Waals surface area contributed by atoms with Crippen molar-refractivity contribution in [1.29, 1.82) is 0 Å². The minimum Gasteiger partial charge on any atom is -0.374 e. The molecule has 1 amide bonds. The van der Waals surface area contributed by atoms with E-state index in [2.05, 4.69) is 10.7 Å². The first-order valence-electron chi connectivity index (χ1n) is 7.89. The summed E-state index contributed by atoms with van der Waals surface area (Å²) in [5.74, 6) is -0.0711. The Balaban J connectivity index is 1.58. The van der Waals surface area contributed by atoms with E-state index in [-0.39, 0.29) is 12.0 Å². The van der Waals surface area contributed by atoms with E-state index < -0.39 is 10.0 Å². The third kappa shape index (κ3) is 3.93. The molecule has 0 aromatic carbocycles. The Kier molecular flexibility index (Phi) is 5.05. The van der Waals surface area contributed by atoms with Crippen LogP contribution in [-0.4, -0.2) is 57.2 Å². The summed E-state index contributed by atoms with van der Waals surface area (Å²) in [6, 6.07) is 0. The van der Waals surface area contributed by atoms with E-state index >= 15 is 0 Å². The minimum absolute atomic E-state index is 0.0711. The fourth-order valence-electron chi connectivity index (χ4n) is 3.11. The topological polar surface area (TPSA) is 75.7 Å². The van der Waals surface area contributed by atoms with Gasteiger partial charge in [-0.3, -0.25) is 4.79 Å². The van der Waals surface area contributed by atoms with Gasteiger partial charge in [-0.05, 0) is 42.2 Å². The van der Waals surface area contributed by atoms with E-state index in [1.165, 1.54) is 39.4 Å². The second-order valence-electron chi connectivity index (χ2n) is 6.10. The van der Waals surface area contributed by atoms with Gasteiger partial charge < -0.3 is 10.1 Å². The van der Waals surface area contributed by atoms with Crippen LogP contribution in [0.4, 0.5) is 0 Å². The van der Waals surface area contributed by atoms with Gasteiger partial charge in [-0.2, -0.15) is 4.31 Å². The normalized spacial score (nSPS) is 22.6. The van der Waals surface area contributed by atoms with Crippen molar-refractivity contribution in [3.8, 4) is 0 Å². The second-order valence-corrected chi connectivity index (χ2v) is 8.96. The lowest BCUT2D eigenvalue weighted by Gasteiger charge is -2.31. The number of carbonyl (C=O) groups excluding carboxylic acids is 1. The van der Waals surface area contributed by atoms with E-state index in [0.717, 1.165) is 24.1 Å². The van der Waals surface area contributed by atoms with Gasteiger partial charge in [-0.25, -0.2) is 8.42 Å². The number of thiophene rings is 1. The molecule has 3 rings (SSSR count). The van der Waals surface area contributed by atoms with Gasteiger partial charge in [0.25, 0.3) is 5.91 Å². The van der Waals surface area contributed by atoms with Crippen molar-refractivity contribution in [3.63, 3.8) is 0 Å². The van der Waals surface area contributed by atoms with Crippen LogP contribution in [0.3, 0.4) is 0 Å². The molecule has 128 valence electrons. The van der Waals surface area contributed by atoms with Gasteiger partial charge in [0.2, 0.25) is 10.0 Å². The first-order chi connectivity index (χ1) is 10.9. The van der Waals surface area contributed by atoms with Gasteiger partial charge in [0.05, 0.1) is 23.8 Å². The van der Waals surface area contributed by atoms with Crippen LogP contribution < -0.4 is 5.32 Å². The van der Waals surface area contributed by atoms with Crippen molar-refractivity contribution in [2.24, 2.45) is 0 Å². The smallest absolute Gasteiger partial charge is 0.261 e. The number of amides is 1. The van der Waals surface area contributed by atoms with Crippen LogP contribution in [0.1, 0.15) is 33.6 Å². The molecule has 0 bridgehead atoms. The first kappa shape index (κ1) is 16.9. The predicted octanol–water partition coefficient (Wildman–Crippen LogP) is 1.02. The van der Waals surface area contributed by atoms with E-state index in [9.17, 15) is 13.2 Å². The highest BCUT2D eigenvalue weighted by Gasteiger charge is 2.27. The van der Waals surface area contributed by atoms with Gasteiger partial charge in [0.15, 0.2) is 0 Å². The molecular formula is C15H22N2O4S2. The van der Waals surface area contributed by atoms with Crippen molar-refractivity contribution >= 4 is 27.3 Å². The Bertz CT molecular complexity index is 684. The summed E-state index contributed by atoms with van der Waals surface area (Å²) in [7, 11) is -3.21. The zero-order valence-electron chi connectivity index (χ0n) is 13.2. The summed E-state index contributed by atoms with van der Waals surface area (Å²) >= 11 is 1.51. The largest absolute Gasteiger partial charge is 0.374 e. The highest BCUT2D eigenvalue weighted by molar-refractivity contribution is 7.88. The van der Waals surface area contributed by atoms with Crippen LogP contribution >= 0.6 is 11.3 Å². The number of ether oxygens (including phenoxy) is 1. The monoisotopic (exact) mass is 358 g/mol. The molecular weight excluding hydrogens is 336 g/mol. The Morgan fingerprint density at radius 2 is 2.22 bits per heavy atom. The van der Waals surface area contributed by atoms with Crippen molar-refractivity contribution < 1.29 is 17.9 Å². The van der Waals surface area contributed by atoms with Crippen LogP contribution in [0.25, 0.3) is 0 Å². The molecule has 1 fully saturated rings. The summed E-state index contributed by atoms with van der Waals surface area (Å²) in [4.78, 5) is 13.2. The van der Waals surface area contributed by atoms with Crippen LogP contribution in [0.5, 0.6) is 0 Å². The van der Waals surface area contributed by atoms with E-state index in [0.29, 0.717) is 26.2 Å². The predicted molar refractivity (Wildman–Crippen MR) is 89.5 cm³/mol. The van der Waals surface area contributed by atoms with Gasteiger partial charge in [-0.1, -0.05) is 0 Å². The fourth-order valence-corrected chi connectivity index (χ4v) is 5.03. The number of sulfonamides is 1. The third-order valence-electron chi connectivity index (χ3n) is 4.37. The molecule has 0 radical (unpaired) electrons. The summed E-state index contributed by atoms with van der Waals surface area (Å²) in [5, 5.41) is 4.99. The molecule has 1 N–H and O–H groups in total. The number of hydrogen-bond acceptors (Lipinski definition) is 5. The van der Waals surface area contributed by atoms with Crippen LogP contribution in [0.15, 0.2) is 5.38 Å². The lowest BCUT2D eigenvalue weighted by atomic mass is 9.94. The highest BCUT2D eigenvalue weighted by Crippen LogP contribution is 2.29. The maximum Gasteiger partial charge on any atom is 0.261 e. The number of fused-ring (bicyclic) bond motifs is 1. The van der Waals surface area contributed by atoms with Crippen LogP contribution in [-0.2, 0) is 27.6 Å². The zero-order valence-corrected chi connectivity index (χ0v) is 14.8. The summed E-state index contributed by atoms with van der Waals surface area (Å²) in [6.07, 6.45) is 5.28. The molecule has 1 aromatic heterocycles. The van der Waals surface area contributed by atoms with Crippen molar-refractivity contribution in [3.05, 3.63) is 21.4 Å². The van der Waals surface area contributed by atoms with Crippen molar-refractivity contribution in [2.75, 3.05) is 32.5 Å². The van der Waals surface area contributed by atoms with Gasteiger partial charge in [-0.15, -0.1) is 11.3 Å². The molecule has 0 spiro atoms. The Hall–Kier alpha value is -0.960. The number of nitrogens with one attached hydrogen (secondary N) is 1. The number of carbonyl (C=O) groups is 1. The highest BCUT2D eigenvalue weighted by atomic mass is 32.2. The number of hydrogen-bond donors (Lipinski definition) is 1. The molecule has 1 aromatic rings. The molecule has 8 heteroatoms. The molecule has 6 nitrogen and oxygen atoms in total. The molecule has 2 heterocycles. The van der Waals surface area contributed by atoms with E-state index in [4.69, 9.17) is 4.74 Å². The van der Waals surface area contributed by atoms with Crippen LogP contribution in [0.2, 0.25) is 0 Å².